The molecule has 0 radical (unpaired) electrons. The smallest absolute Gasteiger partial charge is 0.0834 e. The second-order valence-corrected chi connectivity index (χ2v) is 6.23. The molecule has 1 aromatic heterocycles. The van der Waals surface area contributed by atoms with E-state index in [4.69, 9.17) is 11.6 Å². The average molecular weight is 290 g/mol. The largest absolute Gasteiger partial charge is 0.308 e. The third-order valence-electron chi connectivity index (χ3n) is 3.04. The van der Waals surface area contributed by atoms with E-state index >= 15 is 0 Å². The van der Waals surface area contributed by atoms with Crippen molar-refractivity contribution in [3.05, 3.63) is 16.9 Å². The van der Waals surface area contributed by atoms with E-state index in [0.717, 1.165) is 29.6 Å². The Labute approximate surface area is 120 Å². The van der Waals surface area contributed by atoms with Crippen molar-refractivity contribution in [2.24, 2.45) is 0 Å². The van der Waals surface area contributed by atoms with E-state index in [1.54, 1.807) is 6.20 Å². The third kappa shape index (κ3) is 4.18. The molecule has 0 bridgehead atoms. The van der Waals surface area contributed by atoms with Crippen LogP contribution in [-0.2, 0) is 6.54 Å². The van der Waals surface area contributed by atoms with E-state index in [1.807, 2.05) is 16.4 Å². The number of hydrogen-bond donors (Lipinski definition) is 1. The van der Waals surface area contributed by atoms with E-state index in [9.17, 15) is 0 Å². The van der Waals surface area contributed by atoms with Gasteiger partial charge >= 0.3 is 0 Å². The Balaban J connectivity index is 2.79. The molecule has 1 rings (SSSR count). The van der Waals surface area contributed by atoms with Crippen LogP contribution in [-0.4, -0.2) is 27.3 Å². The van der Waals surface area contributed by atoms with Gasteiger partial charge in [-0.1, -0.05) is 32.4 Å². The van der Waals surface area contributed by atoms with Gasteiger partial charge in [-0.25, -0.2) is 0 Å². The standard InChI is InChI=1S/C13H24ClN3S/c1-5-10(4)18-9-12(15-6-2)13-11(14)8-16-17(13)7-3/h8,10,12,15H,5-7,9H2,1-4H3. The van der Waals surface area contributed by atoms with Crippen LogP contribution in [0.2, 0.25) is 5.02 Å². The zero-order valence-electron chi connectivity index (χ0n) is 11.7. The molecular formula is C13H24ClN3S. The van der Waals surface area contributed by atoms with Crippen molar-refractivity contribution in [2.45, 2.75) is 52.0 Å². The molecule has 5 heteroatoms. The Hall–Kier alpha value is -0.190. The number of nitrogens with one attached hydrogen (secondary N) is 1. The second kappa shape index (κ2) is 8.08. The monoisotopic (exact) mass is 289 g/mol. The molecular weight excluding hydrogens is 266 g/mol. The van der Waals surface area contributed by atoms with Gasteiger partial charge in [-0.15, -0.1) is 0 Å². The minimum Gasteiger partial charge on any atom is -0.308 e. The molecule has 0 aliphatic rings. The van der Waals surface area contributed by atoms with Gasteiger partial charge in [0.2, 0.25) is 0 Å². The van der Waals surface area contributed by atoms with Crippen molar-refractivity contribution >= 4 is 23.4 Å². The summed E-state index contributed by atoms with van der Waals surface area (Å²) >= 11 is 8.26. The summed E-state index contributed by atoms with van der Waals surface area (Å²) in [6.07, 6.45) is 2.95. The van der Waals surface area contributed by atoms with E-state index in [1.165, 1.54) is 6.42 Å². The maximum absolute atomic E-state index is 6.27. The molecule has 3 nitrogen and oxygen atoms in total. The van der Waals surface area contributed by atoms with Crippen LogP contribution in [0.3, 0.4) is 0 Å². The third-order valence-corrected chi connectivity index (χ3v) is 4.76. The van der Waals surface area contributed by atoms with Crippen LogP contribution < -0.4 is 5.32 Å². The van der Waals surface area contributed by atoms with Gasteiger partial charge < -0.3 is 5.32 Å². The van der Waals surface area contributed by atoms with Gasteiger partial charge in [0.25, 0.3) is 0 Å². The number of aromatic nitrogens is 2. The summed E-state index contributed by atoms with van der Waals surface area (Å²) in [4.78, 5) is 0. The van der Waals surface area contributed by atoms with Gasteiger partial charge in [0.1, 0.15) is 0 Å². The molecule has 104 valence electrons. The van der Waals surface area contributed by atoms with Crippen molar-refractivity contribution in [3.8, 4) is 0 Å². The minimum atomic E-state index is 0.281. The molecule has 2 unspecified atom stereocenters. The lowest BCUT2D eigenvalue weighted by Gasteiger charge is -2.21. The fourth-order valence-corrected chi connectivity index (χ4v) is 3.13. The highest BCUT2D eigenvalue weighted by Gasteiger charge is 2.19. The maximum Gasteiger partial charge on any atom is 0.0834 e. The molecule has 2 atom stereocenters. The Bertz CT molecular complexity index is 354. The number of aryl methyl sites for hydroxylation is 1. The minimum absolute atomic E-state index is 0.281. The van der Waals surface area contributed by atoms with Gasteiger partial charge in [0.15, 0.2) is 0 Å². The normalized spacial score (nSPS) is 14.7. The lowest BCUT2D eigenvalue weighted by Crippen LogP contribution is -2.26. The number of rotatable bonds is 8. The molecule has 0 amide bonds. The van der Waals surface area contributed by atoms with Gasteiger partial charge in [-0.2, -0.15) is 16.9 Å². The Morgan fingerprint density at radius 2 is 2.17 bits per heavy atom. The summed E-state index contributed by atoms with van der Waals surface area (Å²) in [5.74, 6) is 1.04. The molecule has 1 N–H and O–H groups in total. The molecule has 1 heterocycles. The highest BCUT2D eigenvalue weighted by atomic mass is 35.5. The van der Waals surface area contributed by atoms with Crippen molar-refractivity contribution in [3.63, 3.8) is 0 Å². The van der Waals surface area contributed by atoms with Crippen molar-refractivity contribution < 1.29 is 0 Å². The van der Waals surface area contributed by atoms with Crippen molar-refractivity contribution in [1.82, 2.24) is 15.1 Å². The Morgan fingerprint density at radius 1 is 1.44 bits per heavy atom. The first kappa shape index (κ1) is 15.9. The first-order chi connectivity index (χ1) is 8.63. The van der Waals surface area contributed by atoms with E-state index in [0.29, 0.717) is 5.25 Å². The van der Waals surface area contributed by atoms with Crippen LogP contribution in [0.1, 0.15) is 45.9 Å². The predicted octanol–water partition coefficient (Wildman–Crippen LogP) is 3.74. The number of thioether (sulfide) groups is 1. The van der Waals surface area contributed by atoms with Crippen LogP contribution in [0.5, 0.6) is 0 Å². The first-order valence-corrected chi connectivity index (χ1v) is 8.12. The fourth-order valence-electron chi connectivity index (χ4n) is 1.83. The van der Waals surface area contributed by atoms with Crippen LogP contribution in [0.25, 0.3) is 0 Å². The Kier molecular flexibility index (Phi) is 7.12. The molecule has 0 spiro atoms. The first-order valence-electron chi connectivity index (χ1n) is 6.70. The summed E-state index contributed by atoms with van der Waals surface area (Å²) in [7, 11) is 0. The zero-order chi connectivity index (χ0) is 13.5. The zero-order valence-corrected chi connectivity index (χ0v) is 13.3. The lowest BCUT2D eigenvalue weighted by molar-refractivity contribution is 0.526. The summed E-state index contributed by atoms with van der Waals surface area (Å²) in [5, 5.41) is 9.29. The lowest BCUT2D eigenvalue weighted by atomic mass is 10.2. The molecule has 18 heavy (non-hydrogen) atoms. The molecule has 0 aliphatic carbocycles. The highest BCUT2D eigenvalue weighted by Crippen LogP contribution is 2.27. The number of hydrogen-bond acceptors (Lipinski definition) is 3. The average Bonchev–Trinajstić information content (AvgIpc) is 2.75. The summed E-state index contributed by atoms with van der Waals surface area (Å²) < 4.78 is 1.99. The van der Waals surface area contributed by atoms with E-state index in [2.05, 4.69) is 38.1 Å². The molecule has 0 fully saturated rings. The quantitative estimate of drug-likeness (QED) is 0.791. The van der Waals surface area contributed by atoms with Crippen LogP contribution >= 0.6 is 23.4 Å². The van der Waals surface area contributed by atoms with Crippen LogP contribution in [0.4, 0.5) is 0 Å². The van der Waals surface area contributed by atoms with Gasteiger partial charge in [-0.3, -0.25) is 4.68 Å². The van der Waals surface area contributed by atoms with Crippen LogP contribution in [0.15, 0.2) is 6.20 Å². The maximum atomic E-state index is 6.27. The van der Waals surface area contributed by atoms with Crippen molar-refractivity contribution in [2.75, 3.05) is 12.3 Å². The fraction of sp³-hybridized carbons (Fsp3) is 0.769. The molecule has 0 saturated carbocycles. The molecule has 0 saturated heterocycles. The van der Waals surface area contributed by atoms with E-state index in [-0.39, 0.29) is 6.04 Å². The predicted molar refractivity (Wildman–Crippen MR) is 81.5 cm³/mol. The Morgan fingerprint density at radius 3 is 2.72 bits per heavy atom. The summed E-state index contributed by atoms with van der Waals surface area (Å²) in [6, 6.07) is 0.281. The van der Waals surface area contributed by atoms with E-state index < -0.39 is 0 Å². The molecule has 1 aromatic rings. The molecule has 0 aromatic carbocycles. The highest BCUT2D eigenvalue weighted by molar-refractivity contribution is 7.99. The summed E-state index contributed by atoms with van der Waals surface area (Å²) in [5.41, 5.74) is 1.12. The number of halogens is 1. The second-order valence-electron chi connectivity index (χ2n) is 4.36. The van der Waals surface area contributed by atoms with Gasteiger partial charge in [0, 0.05) is 17.5 Å². The van der Waals surface area contributed by atoms with Crippen LogP contribution in [0, 0.1) is 0 Å². The SMILES string of the molecule is CCNC(CSC(C)CC)c1c(Cl)cnn1CC. The topological polar surface area (TPSA) is 29.9 Å². The van der Waals surface area contributed by atoms with Gasteiger partial charge in [0.05, 0.1) is 23.0 Å². The summed E-state index contributed by atoms with van der Waals surface area (Å²) in [6.45, 7) is 10.5. The van der Waals surface area contributed by atoms with Gasteiger partial charge in [-0.05, 0) is 19.9 Å². The number of nitrogens with zero attached hydrogens (tertiary/aromatic N) is 2. The van der Waals surface area contributed by atoms with Crippen molar-refractivity contribution in [1.29, 1.82) is 0 Å². The molecule has 0 aliphatic heterocycles.